The van der Waals surface area contributed by atoms with E-state index >= 15 is 0 Å². The highest BCUT2D eigenvalue weighted by molar-refractivity contribution is 7.85. The summed E-state index contributed by atoms with van der Waals surface area (Å²) in [6, 6.07) is 0. The van der Waals surface area contributed by atoms with Gasteiger partial charge in [0.25, 0.3) is 0 Å². The molecule has 0 aromatic carbocycles. The Morgan fingerprint density at radius 2 is 1.94 bits per heavy atom. The van der Waals surface area contributed by atoms with Crippen LogP contribution in [0.1, 0.15) is 13.3 Å². The van der Waals surface area contributed by atoms with Gasteiger partial charge in [0.05, 0.1) is 36.3 Å². The fraction of sp³-hybridized carbons (Fsp3) is 0.727. The third-order valence-electron chi connectivity index (χ3n) is 2.46. The standard InChI is InChI=1S/C11H21NO5S/c1-10(2)11(13)17-8-7-12(3,4)6-5-9-18(14,15)16/h1,5-9H2,2-4H3/p+1. The highest BCUT2D eigenvalue weighted by Crippen LogP contribution is 2.02. The van der Waals surface area contributed by atoms with Crippen molar-refractivity contribution in [2.75, 3.05) is 39.5 Å². The summed E-state index contributed by atoms with van der Waals surface area (Å²) in [5, 5.41) is 0. The van der Waals surface area contributed by atoms with E-state index < -0.39 is 10.1 Å². The van der Waals surface area contributed by atoms with Crippen molar-refractivity contribution in [3.63, 3.8) is 0 Å². The van der Waals surface area contributed by atoms with Crippen LogP contribution in [0.25, 0.3) is 0 Å². The molecule has 0 unspecified atom stereocenters. The Labute approximate surface area is 109 Å². The Morgan fingerprint density at radius 1 is 1.39 bits per heavy atom. The molecule has 0 saturated heterocycles. The van der Waals surface area contributed by atoms with Crippen LogP contribution in [0.2, 0.25) is 0 Å². The van der Waals surface area contributed by atoms with E-state index in [2.05, 4.69) is 6.58 Å². The first-order chi connectivity index (χ1) is 8.03. The van der Waals surface area contributed by atoms with E-state index in [1.807, 2.05) is 14.1 Å². The summed E-state index contributed by atoms with van der Waals surface area (Å²) in [6.45, 7) is 6.61. The average Bonchev–Trinajstić information content (AvgIpc) is 2.14. The van der Waals surface area contributed by atoms with Gasteiger partial charge in [-0.1, -0.05) is 6.58 Å². The zero-order valence-corrected chi connectivity index (χ0v) is 12.0. The number of carbonyl (C=O) groups excluding carboxylic acids is 1. The monoisotopic (exact) mass is 280 g/mol. The summed E-state index contributed by atoms with van der Waals surface area (Å²) in [5.74, 6) is -0.532. The number of hydrogen-bond donors (Lipinski definition) is 0. The third-order valence-corrected chi connectivity index (χ3v) is 3.25. The second-order valence-electron chi connectivity index (χ2n) is 4.93. The lowest BCUT2D eigenvalue weighted by Gasteiger charge is -2.28. The summed E-state index contributed by atoms with van der Waals surface area (Å²) in [7, 11) is -0.336. The van der Waals surface area contributed by atoms with Gasteiger partial charge in [-0.25, -0.2) is 8.42 Å². The molecule has 0 fully saturated rings. The molecule has 0 aromatic rings. The predicted octanol–water partition coefficient (Wildman–Crippen LogP) is 0.0932. The summed E-state index contributed by atoms with van der Waals surface area (Å²) in [4.78, 5) is 9.27. The second-order valence-corrected chi connectivity index (χ2v) is 6.46. The Morgan fingerprint density at radius 3 is 2.39 bits per heavy atom. The van der Waals surface area contributed by atoms with Crippen LogP contribution in [0.4, 0.5) is 0 Å². The molecule has 0 aliphatic carbocycles. The van der Waals surface area contributed by atoms with Crippen molar-refractivity contribution in [1.82, 2.24) is 0 Å². The molecule has 6 nitrogen and oxygen atoms in total. The van der Waals surface area contributed by atoms with Crippen LogP contribution in [-0.2, 0) is 14.9 Å². The minimum Gasteiger partial charge on any atom is -0.748 e. The molecule has 0 rings (SSSR count). The van der Waals surface area contributed by atoms with E-state index in [1.165, 1.54) is 0 Å². The first-order valence-corrected chi connectivity index (χ1v) is 7.21. The van der Waals surface area contributed by atoms with Crippen LogP contribution in [0.5, 0.6) is 0 Å². The van der Waals surface area contributed by atoms with Crippen molar-refractivity contribution in [2.24, 2.45) is 0 Å². The van der Waals surface area contributed by atoms with Gasteiger partial charge in [0, 0.05) is 12.2 Å². The Balaban J connectivity index is 3.94. The molecule has 0 aromatic heterocycles. The van der Waals surface area contributed by atoms with Crippen molar-refractivity contribution in [3.8, 4) is 0 Å². The van der Waals surface area contributed by atoms with Crippen LogP contribution in [0.15, 0.2) is 12.2 Å². The number of quaternary nitrogens is 1. The fourth-order valence-electron chi connectivity index (χ4n) is 1.29. The second kappa shape index (κ2) is 6.86. The van der Waals surface area contributed by atoms with Crippen molar-refractivity contribution in [3.05, 3.63) is 12.2 Å². The maximum atomic E-state index is 10.5. The highest BCUT2D eigenvalue weighted by Gasteiger charge is 2.20. The molecule has 0 heterocycles. The number of esters is 1. The van der Waals surface area contributed by atoms with E-state index in [-0.39, 0.29) is 11.7 Å². The number of nitrogens with zero attached hydrogens (tertiary/aromatic N) is 1. The van der Waals surface area contributed by atoms with E-state index in [4.69, 9.17) is 4.74 Å². The molecule has 0 amide bonds. The molecule has 0 atom stereocenters. The molecule has 7 heteroatoms. The molecule has 0 saturated carbocycles. The van der Waals surface area contributed by atoms with Crippen LogP contribution in [0.3, 0.4) is 0 Å². The minimum absolute atomic E-state index is 0.183. The fourth-order valence-corrected chi connectivity index (χ4v) is 1.78. The lowest BCUT2D eigenvalue weighted by atomic mass is 10.3. The van der Waals surface area contributed by atoms with Crippen LogP contribution in [0, 0.1) is 0 Å². The van der Waals surface area contributed by atoms with E-state index in [9.17, 15) is 17.8 Å². The molecular weight excluding hydrogens is 258 g/mol. The van der Waals surface area contributed by atoms with Gasteiger partial charge in [-0.2, -0.15) is 0 Å². The van der Waals surface area contributed by atoms with Gasteiger partial charge in [-0.15, -0.1) is 0 Å². The summed E-state index contributed by atoms with van der Waals surface area (Å²) < 4.78 is 37.0. The first-order valence-electron chi connectivity index (χ1n) is 5.64. The number of rotatable bonds is 8. The summed E-state index contributed by atoms with van der Waals surface area (Å²) in [5.41, 5.74) is 0.456. The van der Waals surface area contributed by atoms with Crippen molar-refractivity contribution in [1.29, 1.82) is 0 Å². The smallest absolute Gasteiger partial charge is 0.512 e. The van der Waals surface area contributed by atoms with Crippen LogP contribution >= 0.6 is 0 Å². The Hall–Kier alpha value is -0.920. The van der Waals surface area contributed by atoms with Gasteiger partial charge in [0.2, 0.25) is 6.61 Å². The molecule has 0 radical (unpaired) electrons. The Kier molecular flexibility index (Phi) is 6.51. The van der Waals surface area contributed by atoms with Crippen LogP contribution < -0.4 is 0 Å². The topological polar surface area (TPSA) is 87.8 Å². The van der Waals surface area contributed by atoms with Gasteiger partial charge in [-0.05, 0) is 6.92 Å². The highest BCUT2D eigenvalue weighted by atomic mass is 32.2. The molecule has 18 heavy (non-hydrogen) atoms. The minimum atomic E-state index is -4.14. The van der Waals surface area contributed by atoms with Gasteiger partial charge in [0.15, 0.2) is 0 Å². The van der Waals surface area contributed by atoms with Crippen molar-refractivity contribution >= 4 is 16.1 Å². The SMILES string of the molecule is C=C(C)C(=[OH+])OCC[N+](C)(C)CCCS(=O)(=O)[O-]. The zero-order chi connectivity index (χ0) is 14.4. The Bertz CT molecular complexity index is 400. The lowest BCUT2D eigenvalue weighted by Crippen LogP contribution is -2.43. The van der Waals surface area contributed by atoms with E-state index in [1.54, 1.807) is 6.92 Å². The van der Waals surface area contributed by atoms with Gasteiger partial charge in [0.1, 0.15) is 6.54 Å². The van der Waals surface area contributed by atoms with Gasteiger partial charge in [-0.3, -0.25) is 0 Å². The van der Waals surface area contributed by atoms with Gasteiger partial charge >= 0.3 is 5.97 Å². The van der Waals surface area contributed by atoms with Crippen molar-refractivity contribution in [2.45, 2.75) is 13.3 Å². The summed E-state index contributed by atoms with van der Waals surface area (Å²) >= 11 is 0. The normalized spacial score (nSPS) is 12.2. The zero-order valence-electron chi connectivity index (χ0n) is 11.2. The van der Waals surface area contributed by atoms with E-state index in [0.717, 1.165) is 0 Å². The average molecular weight is 280 g/mol. The number of ether oxygens (including phenoxy) is 1. The molecule has 0 aliphatic heterocycles. The van der Waals surface area contributed by atoms with Crippen molar-refractivity contribution < 1.29 is 27.0 Å². The molecule has 106 valence electrons. The molecule has 0 spiro atoms. The maximum Gasteiger partial charge on any atom is 0.512 e. The first kappa shape index (κ1) is 17.1. The number of likely N-dealkylation sites (N-methyl/N-ethyl adjacent to an activating group) is 1. The number of hydrogen-bond acceptors (Lipinski definition) is 4. The molecule has 1 N–H and O–H groups in total. The quantitative estimate of drug-likeness (QED) is 0.207. The third kappa shape index (κ3) is 9.15. The lowest BCUT2D eigenvalue weighted by molar-refractivity contribution is -0.890. The molecule has 0 aliphatic rings. The van der Waals surface area contributed by atoms with Crippen LogP contribution in [-0.4, -0.2) is 67.8 Å². The van der Waals surface area contributed by atoms with Gasteiger partial charge < -0.3 is 18.6 Å². The molecular formula is C11H22NO5S+. The maximum absolute atomic E-state index is 10.5. The predicted molar refractivity (Wildman–Crippen MR) is 68.7 cm³/mol. The largest absolute Gasteiger partial charge is 0.748 e. The van der Waals surface area contributed by atoms with E-state index in [0.29, 0.717) is 36.2 Å². The molecule has 0 bridgehead atoms. The summed E-state index contributed by atoms with van der Waals surface area (Å²) in [6.07, 6.45) is 0.314.